The van der Waals surface area contributed by atoms with E-state index < -0.39 is 0 Å². The average molecular weight is 595 g/mol. The minimum Gasteiger partial charge on any atom is -1.00 e. The van der Waals surface area contributed by atoms with Crippen LogP contribution in [0, 0.1) is 0 Å². The molecule has 6 nitrogen and oxygen atoms in total. The number of hydrogen-bond acceptors (Lipinski definition) is 6. The van der Waals surface area contributed by atoms with Crippen LogP contribution >= 0.6 is 0 Å². The molecule has 0 spiro atoms. The van der Waals surface area contributed by atoms with Gasteiger partial charge in [0, 0.05) is 22.5 Å². The summed E-state index contributed by atoms with van der Waals surface area (Å²) in [4.78, 5) is 2.25. The second kappa shape index (κ2) is 15.8. The summed E-state index contributed by atoms with van der Waals surface area (Å²) in [5, 5.41) is 13.3. The van der Waals surface area contributed by atoms with Crippen molar-refractivity contribution in [1.82, 2.24) is 4.90 Å². The number of nitrogens with zero attached hydrogens (tertiary/aromatic N) is 1. The normalized spacial score (nSPS) is 18.4. The number of halogens is 1. The zero-order chi connectivity index (χ0) is 22.9. The van der Waals surface area contributed by atoms with E-state index in [1.165, 1.54) is 5.56 Å². The zero-order valence-corrected chi connectivity index (χ0v) is 24.9. The zero-order valence-electron chi connectivity index (χ0n) is 21.3. The fraction of sp³-hybridized carbons (Fsp3) is 0.760. The Labute approximate surface area is 227 Å². The smallest absolute Gasteiger partial charge is 1.00 e. The van der Waals surface area contributed by atoms with Gasteiger partial charge in [-0.25, -0.2) is 0 Å². The molecule has 1 fully saturated rings. The standard InChI is InChI=1S/C25H43NO5.ClH.Sn.2H2/c1-24(2,3)21-17-20(23(27)22(18-21)25(4,5)6)19-26-7-9-28-11-13-30-15-16-31-14-12-29-10-8-26;;;;/h17-18,27H,7-16,19H2,1-6H3;1H;;2*1H/q;;+2;;/p-2. The van der Waals surface area contributed by atoms with Crippen LogP contribution in [0.4, 0.5) is 0 Å². The van der Waals surface area contributed by atoms with Crippen LogP contribution in [0.25, 0.3) is 0 Å². The van der Waals surface area contributed by atoms with Crippen molar-refractivity contribution < 1.29 is 39.3 Å². The predicted octanol–water partition coefficient (Wildman–Crippen LogP) is 0.352. The summed E-state index contributed by atoms with van der Waals surface area (Å²) in [5.41, 5.74) is 2.71. The first-order valence-electron chi connectivity index (χ1n) is 11.5. The maximum atomic E-state index is 13.3. The monoisotopic (exact) mass is 595 g/mol. The summed E-state index contributed by atoms with van der Waals surface area (Å²) in [6.45, 7) is 19.6. The molecule has 1 aromatic rings. The molecular weight excluding hydrogens is 548 g/mol. The van der Waals surface area contributed by atoms with Crippen molar-refractivity contribution >= 4 is 23.9 Å². The van der Waals surface area contributed by atoms with Gasteiger partial charge in [-0.15, -0.1) is 5.75 Å². The van der Waals surface area contributed by atoms with E-state index in [9.17, 15) is 5.11 Å². The Kier molecular flexibility index (Phi) is 15.8. The van der Waals surface area contributed by atoms with E-state index in [1.807, 2.05) is 0 Å². The molecule has 2 rings (SSSR count). The Balaban J connectivity index is -0.00000256. The van der Waals surface area contributed by atoms with Gasteiger partial charge in [0.25, 0.3) is 0 Å². The molecule has 192 valence electrons. The fourth-order valence-corrected chi connectivity index (χ4v) is 3.46. The van der Waals surface area contributed by atoms with Crippen LogP contribution in [-0.4, -0.2) is 94.8 Å². The molecule has 0 atom stereocenters. The van der Waals surface area contributed by atoms with Crippen LogP contribution in [-0.2, 0) is 36.3 Å². The Hall–Kier alpha value is -0.0913. The minimum atomic E-state index is -0.198. The van der Waals surface area contributed by atoms with Crippen molar-refractivity contribution in [3.8, 4) is 5.75 Å². The molecule has 0 bridgehead atoms. The predicted molar refractivity (Wildman–Crippen MR) is 132 cm³/mol. The molecule has 1 aliphatic rings. The second-order valence-corrected chi connectivity index (χ2v) is 10.2. The molecule has 1 saturated heterocycles. The van der Waals surface area contributed by atoms with Gasteiger partial charge in [-0.3, -0.25) is 4.90 Å². The van der Waals surface area contributed by atoms with Gasteiger partial charge in [-0.05, 0) is 27.5 Å². The SMILES string of the molecule is CC(C)(C)c1cc(CN2CCOCCOCCOCCOCC2)c([O-])c(C(C)(C)C)c1.[Cl-].[HH].[HH].[Sn+2]. The van der Waals surface area contributed by atoms with Crippen molar-refractivity contribution in [2.24, 2.45) is 0 Å². The van der Waals surface area contributed by atoms with E-state index >= 15 is 0 Å². The van der Waals surface area contributed by atoms with E-state index in [0.29, 0.717) is 59.4 Å². The van der Waals surface area contributed by atoms with Gasteiger partial charge < -0.3 is 36.5 Å². The van der Waals surface area contributed by atoms with Crippen molar-refractivity contribution in [3.63, 3.8) is 0 Å². The minimum absolute atomic E-state index is 0. The third kappa shape index (κ3) is 11.9. The van der Waals surface area contributed by atoms with Crippen LogP contribution in [0.3, 0.4) is 0 Å². The summed E-state index contributed by atoms with van der Waals surface area (Å²) in [5.74, 6) is 0.153. The number of benzene rings is 1. The quantitative estimate of drug-likeness (QED) is 0.461. The number of rotatable bonds is 2. The topological polar surface area (TPSA) is 63.2 Å². The van der Waals surface area contributed by atoms with Gasteiger partial charge in [-0.1, -0.05) is 53.7 Å². The Morgan fingerprint density at radius 2 is 1.18 bits per heavy atom. The van der Waals surface area contributed by atoms with Crippen molar-refractivity contribution in [2.45, 2.75) is 58.9 Å². The van der Waals surface area contributed by atoms with Crippen LogP contribution in [0.15, 0.2) is 12.1 Å². The maximum Gasteiger partial charge on any atom is 2.00 e. The summed E-state index contributed by atoms with van der Waals surface area (Å²) >= 11 is 0. The third-order valence-corrected chi connectivity index (χ3v) is 5.45. The Morgan fingerprint density at radius 3 is 1.58 bits per heavy atom. The molecule has 33 heavy (non-hydrogen) atoms. The summed E-state index contributed by atoms with van der Waals surface area (Å²) < 4.78 is 22.5. The van der Waals surface area contributed by atoms with Crippen molar-refractivity contribution in [1.29, 1.82) is 0 Å². The molecule has 0 amide bonds. The maximum absolute atomic E-state index is 13.3. The first-order valence-corrected chi connectivity index (χ1v) is 11.5. The van der Waals surface area contributed by atoms with Crippen LogP contribution in [0.2, 0.25) is 0 Å². The first-order chi connectivity index (χ1) is 14.6. The molecule has 2 radical (unpaired) electrons. The van der Waals surface area contributed by atoms with E-state index in [4.69, 9.17) is 18.9 Å². The van der Waals surface area contributed by atoms with Gasteiger partial charge >= 0.3 is 23.9 Å². The van der Waals surface area contributed by atoms with E-state index in [0.717, 1.165) is 24.2 Å². The van der Waals surface area contributed by atoms with Gasteiger partial charge in [0.2, 0.25) is 0 Å². The van der Waals surface area contributed by atoms with Gasteiger partial charge in [0.1, 0.15) is 0 Å². The van der Waals surface area contributed by atoms with Gasteiger partial charge in [0.15, 0.2) is 0 Å². The largest absolute Gasteiger partial charge is 2.00 e. The summed E-state index contributed by atoms with van der Waals surface area (Å²) in [6.07, 6.45) is 0. The van der Waals surface area contributed by atoms with Crippen LogP contribution in [0.1, 0.15) is 61.1 Å². The number of ether oxygens (including phenoxy) is 4. The summed E-state index contributed by atoms with van der Waals surface area (Å²) in [7, 11) is 0. The molecule has 0 saturated carbocycles. The van der Waals surface area contributed by atoms with Crippen molar-refractivity contribution in [3.05, 3.63) is 28.8 Å². The Bertz CT molecular complexity index is 671. The summed E-state index contributed by atoms with van der Waals surface area (Å²) in [6, 6.07) is 4.19. The molecule has 1 aliphatic heterocycles. The van der Waals surface area contributed by atoms with E-state index in [2.05, 4.69) is 58.6 Å². The van der Waals surface area contributed by atoms with Crippen molar-refractivity contribution in [2.75, 3.05) is 65.9 Å². The van der Waals surface area contributed by atoms with Crippen LogP contribution in [0.5, 0.6) is 5.75 Å². The molecule has 0 unspecified atom stereocenters. The third-order valence-electron chi connectivity index (χ3n) is 5.45. The van der Waals surface area contributed by atoms with Gasteiger partial charge in [0.05, 0.1) is 52.9 Å². The second-order valence-electron chi connectivity index (χ2n) is 10.2. The van der Waals surface area contributed by atoms with Gasteiger partial charge in [-0.2, -0.15) is 0 Å². The molecule has 8 heteroatoms. The molecule has 0 aliphatic carbocycles. The number of hydrogen-bond donors (Lipinski definition) is 0. The molecule has 0 aromatic heterocycles. The van der Waals surface area contributed by atoms with E-state index in [-0.39, 0.29) is 55.7 Å². The molecule has 0 N–H and O–H groups in total. The molecule has 1 heterocycles. The average Bonchev–Trinajstić information content (AvgIpc) is 2.67. The Morgan fingerprint density at radius 1 is 0.758 bits per heavy atom. The fourth-order valence-electron chi connectivity index (χ4n) is 3.46. The van der Waals surface area contributed by atoms with E-state index in [1.54, 1.807) is 0 Å². The molecular formula is C25H46ClNO5Sn. The first kappa shape index (κ1) is 32.9. The molecule has 1 aromatic carbocycles. The van der Waals surface area contributed by atoms with Crippen LogP contribution < -0.4 is 17.5 Å².